The van der Waals surface area contributed by atoms with E-state index < -0.39 is 31.8 Å². The van der Waals surface area contributed by atoms with Crippen LogP contribution < -0.4 is 4.74 Å². The van der Waals surface area contributed by atoms with E-state index in [0.29, 0.717) is 29.7 Å². The van der Waals surface area contributed by atoms with E-state index in [4.69, 9.17) is 30.0 Å². The van der Waals surface area contributed by atoms with Crippen molar-refractivity contribution < 1.29 is 31.6 Å². The van der Waals surface area contributed by atoms with Crippen molar-refractivity contribution in [2.45, 2.75) is 89.7 Å². The molecule has 4 aromatic rings. The van der Waals surface area contributed by atoms with Gasteiger partial charge in [0.1, 0.15) is 18.1 Å². The lowest BCUT2D eigenvalue weighted by Gasteiger charge is -2.52. The molecule has 0 N–H and O–H groups in total. The average Bonchev–Trinajstić information content (AvgIpc) is 3.55. The Morgan fingerprint density at radius 1 is 1.02 bits per heavy atom. The van der Waals surface area contributed by atoms with Crippen molar-refractivity contribution in [1.82, 2.24) is 14.9 Å². The van der Waals surface area contributed by atoms with E-state index in [9.17, 15) is 13.2 Å². The van der Waals surface area contributed by atoms with Crippen LogP contribution in [0, 0.1) is 0 Å². The van der Waals surface area contributed by atoms with E-state index in [1.165, 1.54) is 13.3 Å². The molecule has 0 radical (unpaired) electrons. The highest BCUT2D eigenvalue weighted by Gasteiger charge is 2.52. The number of rotatable bonds is 10. The van der Waals surface area contributed by atoms with Gasteiger partial charge >= 0.3 is 6.18 Å². The summed E-state index contributed by atoms with van der Waals surface area (Å²) in [6.07, 6.45) is -2.68. The molecule has 1 fully saturated rings. The predicted octanol–water partition coefficient (Wildman–Crippen LogP) is 9.72. The standard InChI is InChI=1S/C33H39ClF3N3O4Si/c1-31(2,3)45(6,7)44-32(4)16-22(17-32)40-30(33(35,36)37)24(18-38-40)29-25(20-41-5)28(39-43-29)23-14-11-15-26(27(23)34)42-19-21-12-9-8-10-13-21/h8-15,18,22H,16-17,19-20H2,1-7H3. The number of nitrogens with zero attached hydrogens (tertiary/aromatic N) is 3. The van der Waals surface area contributed by atoms with Gasteiger partial charge in [0.25, 0.3) is 0 Å². The van der Waals surface area contributed by atoms with Crippen LogP contribution in [0.4, 0.5) is 13.2 Å². The smallest absolute Gasteiger partial charge is 0.433 e. The molecule has 0 atom stereocenters. The molecule has 0 spiro atoms. The fraction of sp³-hybridized carbons (Fsp3) is 0.455. The van der Waals surface area contributed by atoms with Crippen molar-refractivity contribution in [3.63, 3.8) is 0 Å². The number of ether oxygens (including phenoxy) is 2. The van der Waals surface area contributed by atoms with Crippen LogP contribution in [0.15, 0.2) is 59.3 Å². The summed E-state index contributed by atoms with van der Waals surface area (Å²) in [6, 6.07) is 14.3. The largest absolute Gasteiger partial charge is 0.487 e. The SMILES string of the molecule is COCc1c(-c2cccc(OCc3ccccc3)c2Cl)noc1-c1cnn(C2CC(C)(O[Si](C)(C)C(C)(C)C)C2)c1C(F)(F)F. The van der Waals surface area contributed by atoms with Crippen molar-refractivity contribution >= 4 is 19.9 Å². The molecule has 7 nitrogen and oxygen atoms in total. The molecule has 0 aliphatic heterocycles. The van der Waals surface area contributed by atoms with Crippen molar-refractivity contribution in [3.05, 3.63) is 76.6 Å². The molecule has 1 aliphatic carbocycles. The van der Waals surface area contributed by atoms with E-state index in [1.54, 1.807) is 18.2 Å². The summed E-state index contributed by atoms with van der Waals surface area (Å²) >= 11 is 6.76. The Morgan fingerprint density at radius 3 is 2.33 bits per heavy atom. The first-order valence-electron chi connectivity index (χ1n) is 14.8. The van der Waals surface area contributed by atoms with Gasteiger partial charge < -0.3 is 18.4 Å². The minimum Gasteiger partial charge on any atom is -0.487 e. The molecule has 1 saturated carbocycles. The Kier molecular flexibility index (Phi) is 9.04. The summed E-state index contributed by atoms with van der Waals surface area (Å²) in [4.78, 5) is 0. The van der Waals surface area contributed by atoms with Gasteiger partial charge in [-0.05, 0) is 49.5 Å². The molecular formula is C33H39ClF3N3O4Si. The van der Waals surface area contributed by atoms with E-state index in [0.717, 1.165) is 10.2 Å². The average molecular weight is 662 g/mol. The van der Waals surface area contributed by atoms with Gasteiger partial charge in [0.05, 0.1) is 40.6 Å². The molecule has 0 amide bonds. The molecule has 2 aromatic heterocycles. The maximum Gasteiger partial charge on any atom is 0.433 e. The fourth-order valence-corrected chi connectivity index (χ4v) is 7.58. The second-order valence-electron chi connectivity index (χ2n) is 13.4. The maximum atomic E-state index is 14.7. The van der Waals surface area contributed by atoms with Gasteiger partial charge in [0.15, 0.2) is 19.8 Å². The molecule has 2 aromatic carbocycles. The third-order valence-corrected chi connectivity index (χ3v) is 13.8. The van der Waals surface area contributed by atoms with Gasteiger partial charge in [-0.15, -0.1) is 0 Å². The van der Waals surface area contributed by atoms with Gasteiger partial charge in [-0.25, -0.2) is 0 Å². The molecular weight excluding hydrogens is 623 g/mol. The summed E-state index contributed by atoms with van der Waals surface area (Å²) in [5.74, 6) is 0.333. The van der Waals surface area contributed by atoms with E-state index in [2.05, 4.69) is 44.1 Å². The van der Waals surface area contributed by atoms with Gasteiger partial charge in [0, 0.05) is 12.7 Å². The first-order chi connectivity index (χ1) is 21.0. The number of benzene rings is 2. The molecule has 5 rings (SSSR count). The third-order valence-electron chi connectivity index (χ3n) is 8.83. The predicted molar refractivity (Wildman–Crippen MR) is 170 cm³/mol. The summed E-state index contributed by atoms with van der Waals surface area (Å²) in [5, 5.41) is 8.66. The van der Waals surface area contributed by atoms with Crippen LogP contribution in [0.25, 0.3) is 22.6 Å². The molecule has 45 heavy (non-hydrogen) atoms. The highest BCUT2D eigenvalue weighted by molar-refractivity contribution is 6.74. The fourth-order valence-electron chi connectivity index (χ4n) is 5.60. The number of hydrogen-bond donors (Lipinski definition) is 0. The van der Waals surface area contributed by atoms with Crippen LogP contribution in [-0.4, -0.2) is 36.0 Å². The summed E-state index contributed by atoms with van der Waals surface area (Å²) in [7, 11) is -0.673. The lowest BCUT2D eigenvalue weighted by Crippen LogP contribution is -2.54. The van der Waals surface area contributed by atoms with E-state index in [-0.39, 0.29) is 40.3 Å². The molecule has 0 saturated heterocycles. The minimum atomic E-state index is -4.71. The second-order valence-corrected chi connectivity index (χ2v) is 18.5. The Labute approximate surface area is 267 Å². The molecule has 12 heteroatoms. The molecule has 1 aliphatic rings. The van der Waals surface area contributed by atoms with Crippen LogP contribution in [0.3, 0.4) is 0 Å². The monoisotopic (exact) mass is 661 g/mol. The van der Waals surface area contributed by atoms with E-state index in [1.807, 2.05) is 37.3 Å². The Morgan fingerprint density at radius 2 is 1.71 bits per heavy atom. The first-order valence-corrected chi connectivity index (χ1v) is 18.1. The van der Waals surface area contributed by atoms with Crippen molar-refractivity contribution in [1.29, 1.82) is 0 Å². The Hall–Kier alpha value is -3.12. The molecule has 2 heterocycles. The summed E-state index contributed by atoms with van der Waals surface area (Å²) < 4.78 is 68.9. The zero-order valence-electron chi connectivity index (χ0n) is 26.6. The first kappa shape index (κ1) is 33.2. The third kappa shape index (κ3) is 6.72. The normalized spacial score (nSPS) is 19.0. The van der Waals surface area contributed by atoms with Crippen molar-refractivity contribution in [2.75, 3.05) is 7.11 Å². The second kappa shape index (κ2) is 12.2. The number of alkyl halides is 3. The molecule has 0 unspecified atom stereocenters. The number of halogens is 4. The summed E-state index contributed by atoms with van der Waals surface area (Å²) in [5.41, 5.74) is 0.368. The Bertz CT molecular complexity index is 1640. The molecule has 242 valence electrons. The lowest BCUT2D eigenvalue weighted by molar-refractivity contribution is -0.148. The van der Waals surface area contributed by atoms with Crippen molar-refractivity contribution in [2.24, 2.45) is 0 Å². The topological polar surface area (TPSA) is 71.5 Å². The maximum absolute atomic E-state index is 14.7. The van der Waals surface area contributed by atoms with Crippen LogP contribution in [0.2, 0.25) is 23.2 Å². The van der Waals surface area contributed by atoms with Crippen LogP contribution in [0.5, 0.6) is 5.75 Å². The van der Waals surface area contributed by atoms with Gasteiger partial charge in [0.2, 0.25) is 0 Å². The van der Waals surface area contributed by atoms with Crippen LogP contribution in [0.1, 0.15) is 63.4 Å². The van der Waals surface area contributed by atoms with Gasteiger partial charge in [-0.1, -0.05) is 80.0 Å². The van der Waals surface area contributed by atoms with Crippen molar-refractivity contribution in [3.8, 4) is 28.3 Å². The zero-order chi connectivity index (χ0) is 32.8. The minimum absolute atomic E-state index is 0.0186. The Balaban J connectivity index is 1.47. The summed E-state index contributed by atoms with van der Waals surface area (Å²) in [6.45, 7) is 12.9. The highest BCUT2D eigenvalue weighted by Crippen LogP contribution is 2.52. The number of methoxy groups -OCH3 is 1. The van der Waals surface area contributed by atoms with Crippen LogP contribution in [-0.2, 0) is 28.6 Å². The van der Waals surface area contributed by atoms with Gasteiger partial charge in [-0.3, -0.25) is 4.68 Å². The van der Waals surface area contributed by atoms with Gasteiger partial charge in [-0.2, -0.15) is 18.3 Å². The number of hydrogen-bond acceptors (Lipinski definition) is 6. The quantitative estimate of drug-likeness (QED) is 0.158. The highest BCUT2D eigenvalue weighted by atomic mass is 35.5. The zero-order valence-corrected chi connectivity index (χ0v) is 28.3. The number of aromatic nitrogens is 3. The van der Waals surface area contributed by atoms with E-state index >= 15 is 0 Å². The lowest BCUT2D eigenvalue weighted by atomic mass is 9.77. The molecule has 0 bridgehead atoms. The van der Waals surface area contributed by atoms with Crippen LogP contribution >= 0.6 is 11.6 Å².